The maximum absolute atomic E-state index is 4.39. The normalized spacial score (nSPS) is 18.7. The number of hydrogen-bond donors (Lipinski definition) is 1. The predicted molar refractivity (Wildman–Crippen MR) is 69.8 cm³/mol. The van der Waals surface area contributed by atoms with E-state index in [2.05, 4.69) is 33.7 Å². The maximum atomic E-state index is 4.39. The Morgan fingerprint density at radius 2 is 2.18 bits per heavy atom. The molecule has 1 aromatic heterocycles. The van der Waals surface area contributed by atoms with Crippen LogP contribution in [0.2, 0.25) is 0 Å². The standard InChI is InChI=1S/C13H24N4/c1-3-14-10-12-4-7-17(8-5-12)11-13-15-6-9-16(13)2/h6,9,12,14H,3-5,7-8,10-11H2,1-2H3. The van der Waals surface area contributed by atoms with Gasteiger partial charge in [-0.2, -0.15) is 0 Å². The van der Waals surface area contributed by atoms with Crippen LogP contribution in [0.5, 0.6) is 0 Å². The van der Waals surface area contributed by atoms with Crippen molar-refractivity contribution in [3.05, 3.63) is 18.2 Å². The molecule has 0 saturated carbocycles. The molecule has 1 aromatic rings. The van der Waals surface area contributed by atoms with Crippen molar-refractivity contribution in [1.29, 1.82) is 0 Å². The highest BCUT2D eigenvalue weighted by Gasteiger charge is 2.19. The van der Waals surface area contributed by atoms with Gasteiger partial charge in [-0.05, 0) is 44.9 Å². The molecule has 2 rings (SSSR count). The Labute approximate surface area is 104 Å². The van der Waals surface area contributed by atoms with E-state index < -0.39 is 0 Å². The van der Waals surface area contributed by atoms with E-state index >= 15 is 0 Å². The lowest BCUT2D eigenvalue weighted by molar-refractivity contribution is 0.171. The summed E-state index contributed by atoms with van der Waals surface area (Å²) in [6, 6.07) is 0. The van der Waals surface area contributed by atoms with Gasteiger partial charge in [0.1, 0.15) is 5.82 Å². The van der Waals surface area contributed by atoms with Crippen molar-refractivity contribution in [2.24, 2.45) is 13.0 Å². The average Bonchev–Trinajstić information content (AvgIpc) is 2.74. The van der Waals surface area contributed by atoms with Crippen molar-refractivity contribution in [3.8, 4) is 0 Å². The minimum absolute atomic E-state index is 0.868. The van der Waals surface area contributed by atoms with E-state index in [1.165, 1.54) is 38.3 Å². The largest absolute Gasteiger partial charge is 0.337 e. The molecule has 96 valence electrons. The van der Waals surface area contributed by atoms with Crippen molar-refractivity contribution in [3.63, 3.8) is 0 Å². The zero-order chi connectivity index (χ0) is 12.1. The topological polar surface area (TPSA) is 33.1 Å². The van der Waals surface area contributed by atoms with E-state index in [1.807, 2.05) is 12.4 Å². The van der Waals surface area contributed by atoms with Crippen molar-refractivity contribution < 1.29 is 0 Å². The average molecular weight is 236 g/mol. The number of likely N-dealkylation sites (tertiary alicyclic amines) is 1. The number of aromatic nitrogens is 2. The van der Waals surface area contributed by atoms with Crippen LogP contribution in [0, 0.1) is 5.92 Å². The second-order valence-corrected chi connectivity index (χ2v) is 4.98. The lowest BCUT2D eigenvalue weighted by Gasteiger charge is -2.31. The third-order valence-corrected chi connectivity index (χ3v) is 3.68. The summed E-state index contributed by atoms with van der Waals surface area (Å²) in [6.07, 6.45) is 6.54. The number of rotatable bonds is 5. The third-order valence-electron chi connectivity index (χ3n) is 3.68. The van der Waals surface area contributed by atoms with Crippen LogP contribution >= 0.6 is 0 Å². The summed E-state index contributed by atoms with van der Waals surface area (Å²) in [5, 5.41) is 3.45. The number of nitrogens with zero attached hydrogens (tertiary/aromatic N) is 3. The first kappa shape index (κ1) is 12.6. The highest BCUT2D eigenvalue weighted by molar-refractivity contribution is 4.91. The SMILES string of the molecule is CCNCC1CCN(Cc2nccn2C)CC1. The molecule has 1 aliphatic rings. The summed E-state index contributed by atoms with van der Waals surface area (Å²) >= 11 is 0. The van der Waals surface area contributed by atoms with Crippen LogP contribution < -0.4 is 5.32 Å². The maximum Gasteiger partial charge on any atom is 0.122 e. The number of aryl methyl sites for hydroxylation is 1. The van der Waals surface area contributed by atoms with Gasteiger partial charge in [0.2, 0.25) is 0 Å². The van der Waals surface area contributed by atoms with Crippen LogP contribution in [-0.2, 0) is 13.6 Å². The second-order valence-electron chi connectivity index (χ2n) is 4.98. The van der Waals surface area contributed by atoms with Gasteiger partial charge in [0, 0.05) is 19.4 Å². The predicted octanol–water partition coefficient (Wildman–Crippen LogP) is 1.24. The van der Waals surface area contributed by atoms with Crippen LogP contribution in [0.15, 0.2) is 12.4 Å². The van der Waals surface area contributed by atoms with Gasteiger partial charge in [-0.3, -0.25) is 4.90 Å². The number of hydrogen-bond acceptors (Lipinski definition) is 3. The third kappa shape index (κ3) is 3.54. The van der Waals surface area contributed by atoms with Gasteiger partial charge in [0.25, 0.3) is 0 Å². The van der Waals surface area contributed by atoms with Crippen LogP contribution in [0.1, 0.15) is 25.6 Å². The zero-order valence-electron chi connectivity index (χ0n) is 11.0. The molecular weight excluding hydrogens is 212 g/mol. The van der Waals surface area contributed by atoms with Gasteiger partial charge in [-0.25, -0.2) is 4.98 Å². The molecule has 4 nitrogen and oxygen atoms in total. The Morgan fingerprint density at radius 3 is 2.76 bits per heavy atom. The molecule has 0 spiro atoms. The molecule has 0 radical (unpaired) electrons. The number of imidazole rings is 1. The summed E-state index contributed by atoms with van der Waals surface area (Å²) in [5.41, 5.74) is 0. The van der Waals surface area contributed by atoms with E-state index in [9.17, 15) is 0 Å². The van der Waals surface area contributed by atoms with E-state index in [0.29, 0.717) is 0 Å². The van der Waals surface area contributed by atoms with Gasteiger partial charge in [-0.1, -0.05) is 6.92 Å². The van der Waals surface area contributed by atoms with Crippen molar-refractivity contribution in [1.82, 2.24) is 19.8 Å². The van der Waals surface area contributed by atoms with Crippen molar-refractivity contribution in [2.75, 3.05) is 26.2 Å². The van der Waals surface area contributed by atoms with E-state index in [-0.39, 0.29) is 0 Å². The highest BCUT2D eigenvalue weighted by Crippen LogP contribution is 2.17. The first-order chi connectivity index (χ1) is 8.29. The first-order valence-electron chi connectivity index (χ1n) is 6.69. The molecule has 1 aliphatic heterocycles. The Hall–Kier alpha value is -0.870. The minimum Gasteiger partial charge on any atom is -0.337 e. The molecule has 0 aliphatic carbocycles. The minimum atomic E-state index is 0.868. The molecule has 1 N–H and O–H groups in total. The molecule has 1 fully saturated rings. The molecule has 0 amide bonds. The van der Waals surface area contributed by atoms with Gasteiger partial charge >= 0.3 is 0 Å². The molecule has 2 heterocycles. The van der Waals surface area contributed by atoms with Crippen LogP contribution in [0.25, 0.3) is 0 Å². The van der Waals surface area contributed by atoms with E-state index in [0.717, 1.165) is 19.0 Å². The molecule has 1 saturated heterocycles. The number of piperidine rings is 1. The summed E-state index contributed by atoms with van der Waals surface area (Å²) in [5.74, 6) is 2.04. The summed E-state index contributed by atoms with van der Waals surface area (Å²) in [7, 11) is 2.07. The summed E-state index contributed by atoms with van der Waals surface area (Å²) in [6.45, 7) is 7.87. The van der Waals surface area contributed by atoms with Gasteiger partial charge in [-0.15, -0.1) is 0 Å². The van der Waals surface area contributed by atoms with Crippen LogP contribution in [0.3, 0.4) is 0 Å². The quantitative estimate of drug-likeness (QED) is 0.835. The Morgan fingerprint density at radius 1 is 1.41 bits per heavy atom. The monoisotopic (exact) mass is 236 g/mol. The number of nitrogens with one attached hydrogen (secondary N) is 1. The van der Waals surface area contributed by atoms with Crippen LogP contribution in [0.4, 0.5) is 0 Å². The smallest absolute Gasteiger partial charge is 0.122 e. The summed E-state index contributed by atoms with van der Waals surface area (Å²) < 4.78 is 2.12. The van der Waals surface area contributed by atoms with Gasteiger partial charge in [0.15, 0.2) is 0 Å². The van der Waals surface area contributed by atoms with Crippen LogP contribution in [-0.4, -0.2) is 40.6 Å². The molecule has 0 unspecified atom stereocenters. The molecule has 4 heteroatoms. The molecule has 0 atom stereocenters. The van der Waals surface area contributed by atoms with Crippen molar-refractivity contribution in [2.45, 2.75) is 26.3 Å². The molecule has 0 bridgehead atoms. The van der Waals surface area contributed by atoms with E-state index in [4.69, 9.17) is 0 Å². The molecule has 17 heavy (non-hydrogen) atoms. The van der Waals surface area contributed by atoms with Crippen molar-refractivity contribution >= 4 is 0 Å². The lowest BCUT2D eigenvalue weighted by atomic mass is 9.97. The highest BCUT2D eigenvalue weighted by atomic mass is 15.2. The fraction of sp³-hybridized carbons (Fsp3) is 0.769. The molecular formula is C13H24N4. The first-order valence-corrected chi connectivity index (χ1v) is 6.69. The Balaban J connectivity index is 1.74. The van der Waals surface area contributed by atoms with Gasteiger partial charge < -0.3 is 9.88 Å². The fourth-order valence-electron chi connectivity index (χ4n) is 2.45. The fourth-order valence-corrected chi connectivity index (χ4v) is 2.45. The second kappa shape index (κ2) is 6.17. The Bertz CT molecular complexity index is 326. The van der Waals surface area contributed by atoms with Gasteiger partial charge in [0.05, 0.1) is 6.54 Å². The van der Waals surface area contributed by atoms with E-state index in [1.54, 1.807) is 0 Å². The molecule has 0 aromatic carbocycles. The summed E-state index contributed by atoms with van der Waals surface area (Å²) in [4.78, 5) is 6.91. The lowest BCUT2D eigenvalue weighted by Crippen LogP contribution is -2.37. The Kier molecular flexibility index (Phi) is 4.57. The zero-order valence-corrected chi connectivity index (χ0v) is 11.0.